The van der Waals surface area contributed by atoms with E-state index >= 15 is 0 Å². The van der Waals surface area contributed by atoms with Crippen LogP contribution < -0.4 is 5.32 Å². The molecule has 112 valence electrons. The van der Waals surface area contributed by atoms with Crippen molar-refractivity contribution in [1.29, 1.82) is 0 Å². The Morgan fingerprint density at radius 1 is 1.24 bits per heavy atom. The van der Waals surface area contributed by atoms with E-state index in [1.54, 1.807) is 25.6 Å². The van der Waals surface area contributed by atoms with E-state index in [1.165, 1.54) is 24.3 Å². The van der Waals surface area contributed by atoms with E-state index in [0.717, 1.165) is 5.69 Å². The standard InChI is InChI=1S/C13H14ClN3O3S/c1-8-12(9(2)17(3)16-8)13(18)15-10-4-6-11(7-5-10)21(14,19)20/h4-7H,1-3H3,(H,15,18). The van der Waals surface area contributed by atoms with Gasteiger partial charge < -0.3 is 5.32 Å². The maximum atomic E-state index is 12.2. The van der Waals surface area contributed by atoms with Crippen molar-refractivity contribution in [2.24, 2.45) is 7.05 Å². The first-order valence-corrected chi connectivity index (χ1v) is 8.37. The minimum absolute atomic E-state index is 0.0177. The van der Waals surface area contributed by atoms with E-state index in [9.17, 15) is 13.2 Å². The Morgan fingerprint density at radius 3 is 2.24 bits per heavy atom. The van der Waals surface area contributed by atoms with E-state index in [4.69, 9.17) is 10.7 Å². The Balaban J connectivity index is 2.24. The molecule has 0 saturated heterocycles. The second-order valence-corrected chi connectivity index (χ2v) is 7.15. The summed E-state index contributed by atoms with van der Waals surface area (Å²) in [5.41, 5.74) is 2.37. The number of carbonyl (C=O) groups excluding carboxylic acids is 1. The number of anilines is 1. The molecule has 2 aromatic rings. The quantitative estimate of drug-likeness (QED) is 0.876. The summed E-state index contributed by atoms with van der Waals surface area (Å²) in [6.45, 7) is 3.56. The van der Waals surface area contributed by atoms with Gasteiger partial charge in [-0.1, -0.05) is 0 Å². The summed E-state index contributed by atoms with van der Waals surface area (Å²) in [5, 5.41) is 6.88. The topological polar surface area (TPSA) is 81.1 Å². The zero-order chi connectivity index (χ0) is 15.8. The molecule has 0 aliphatic carbocycles. The van der Waals surface area contributed by atoms with Crippen LogP contribution in [0, 0.1) is 13.8 Å². The minimum atomic E-state index is -3.76. The molecule has 0 atom stereocenters. The molecule has 0 bridgehead atoms. The maximum absolute atomic E-state index is 12.2. The van der Waals surface area contributed by atoms with Gasteiger partial charge in [-0.05, 0) is 38.1 Å². The Bertz CT molecular complexity index is 795. The van der Waals surface area contributed by atoms with Crippen molar-refractivity contribution in [1.82, 2.24) is 9.78 Å². The molecule has 21 heavy (non-hydrogen) atoms. The van der Waals surface area contributed by atoms with Crippen LogP contribution in [0.4, 0.5) is 5.69 Å². The molecule has 0 aliphatic rings. The van der Waals surface area contributed by atoms with Crippen molar-refractivity contribution < 1.29 is 13.2 Å². The van der Waals surface area contributed by atoms with Gasteiger partial charge in [0.25, 0.3) is 15.0 Å². The van der Waals surface area contributed by atoms with Gasteiger partial charge in [-0.15, -0.1) is 0 Å². The first kappa shape index (κ1) is 15.5. The lowest BCUT2D eigenvalue weighted by molar-refractivity contribution is 0.102. The van der Waals surface area contributed by atoms with Crippen molar-refractivity contribution in [2.45, 2.75) is 18.7 Å². The fourth-order valence-electron chi connectivity index (χ4n) is 2.00. The van der Waals surface area contributed by atoms with Gasteiger partial charge in [0.1, 0.15) is 0 Å². The highest BCUT2D eigenvalue weighted by Crippen LogP contribution is 2.19. The zero-order valence-electron chi connectivity index (χ0n) is 11.7. The third kappa shape index (κ3) is 3.25. The molecule has 0 unspecified atom stereocenters. The highest BCUT2D eigenvalue weighted by molar-refractivity contribution is 8.13. The molecule has 1 N–H and O–H groups in total. The van der Waals surface area contributed by atoms with Crippen LogP contribution in [0.1, 0.15) is 21.7 Å². The highest BCUT2D eigenvalue weighted by atomic mass is 35.7. The van der Waals surface area contributed by atoms with E-state index in [1.807, 2.05) is 0 Å². The first-order valence-electron chi connectivity index (χ1n) is 6.06. The number of amides is 1. The Hall–Kier alpha value is -1.86. The monoisotopic (exact) mass is 327 g/mol. The van der Waals surface area contributed by atoms with Crippen molar-refractivity contribution in [3.8, 4) is 0 Å². The average molecular weight is 328 g/mol. The summed E-state index contributed by atoms with van der Waals surface area (Å²) in [6, 6.07) is 5.63. The van der Waals surface area contributed by atoms with Gasteiger partial charge in [0.15, 0.2) is 0 Å². The normalized spacial score (nSPS) is 11.4. The van der Waals surface area contributed by atoms with Gasteiger partial charge in [-0.25, -0.2) is 8.42 Å². The van der Waals surface area contributed by atoms with Crippen LogP contribution in [0.5, 0.6) is 0 Å². The molecule has 0 radical (unpaired) electrons. The summed E-state index contributed by atoms with van der Waals surface area (Å²) >= 11 is 0. The van der Waals surface area contributed by atoms with Gasteiger partial charge in [0.2, 0.25) is 0 Å². The van der Waals surface area contributed by atoms with Crippen molar-refractivity contribution >= 4 is 31.3 Å². The molecule has 1 aromatic carbocycles. The summed E-state index contributed by atoms with van der Waals surface area (Å²) in [5.74, 6) is -0.292. The third-order valence-corrected chi connectivity index (χ3v) is 4.50. The SMILES string of the molecule is Cc1nn(C)c(C)c1C(=O)Nc1ccc(S(=O)(=O)Cl)cc1. The Kier molecular flexibility index (Phi) is 4.06. The molecule has 0 spiro atoms. The molecule has 1 amide bonds. The van der Waals surface area contributed by atoms with Gasteiger partial charge >= 0.3 is 0 Å². The van der Waals surface area contributed by atoms with Gasteiger partial charge in [0, 0.05) is 29.1 Å². The van der Waals surface area contributed by atoms with E-state index < -0.39 is 9.05 Å². The summed E-state index contributed by atoms with van der Waals surface area (Å²) in [4.78, 5) is 12.2. The molecule has 0 aliphatic heterocycles. The van der Waals surface area contributed by atoms with Gasteiger partial charge in [-0.3, -0.25) is 9.48 Å². The molecule has 0 fully saturated rings. The number of carbonyl (C=O) groups is 1. The summed E-state index contributed by atoms with van der Waals surface area (Å²) in [7, 11) is 3.23. The predicted octanol–water partition coefficient (Wildman–Crippen LogP) is 2.22. The fourth-order valence-corrected chi connectivity index (χ4v) is 2.77. The molecular formula is C13H14ClN3O3S. The van der Waals surface area contributed by atoms with Crippen LogP contribution >= 0.6 is 10.7 Å². The number of aryl methyl sites for hydroxylation is 2. The summed E-state index contributed by atoms with van der Waals surface area (Å²) in [6.07, 6.45) is 0. The van der Waals surface area contributed by atoms with Crippen LogP contribution in [0.25, 0.3) is 0 Å². The smallest absolute Gasteiger partial charge is 0.261 e. The number of nitrogens with zero attached hydrogens (tertiary/aromatic N) is 2. The second kappa shape index (κ2) is 5.50. The number of aromatic nitrogens is 2. The molecule has 6 nitrogen and oxygen atoms in total. The van der Waals surface area contributed by atoms with Gasteiger partial charge in [0.05, 0.1) is 16.2 Å². The number of halogens is 1. The number of hydrogen-bond acceptors (Lipinski definition) is 4. The van der Waals surface area contributed by atoms with Crippen molar-refractivity contribution in [3.63, 3.8) is 0 Å². The lowest BCUT2D eigenvalue weighted by Gasteiger charge is -2.06. The predicted molar refractivity (Wildman–Crippen MR) is 80.1 cm³/mol. The maximum Gasteiger partial charge on any atom is 0.261 e. The van der Waals surface area contributed by atoms with Crippen LogP contribution in [0.2, 0.25) is 0 Å². The molecule has 8 heteroatoms. The lowest BCUT2D eigenvalue weighted by atomic mass is 10.2. The average Bonchev–Trinajstić information content (AvgIpc) is 2.62. The minimum Gasteiger partial charge on any atom is -0.322 e. The van der Waals surface area contributed by atoms with E-state index in [2.05, 4.69) is 10.4 Å². The first-order chi connectivity index (χ1) is 9.70. The van der Waals surface area contributed by atoms with E-state index in [0.29, 0.717) is 16.9 Å². The Morgan fingerprint density at radius 2 is 1.81 bits per heavy atom. The number of rotatable bonds is 3. The third-order valence-electron chi connectivity index (χ3n) is 3.13. The molecule has 1 aromatic heterocycles. The molecule has 1 heterocycles. The summed E-state index contributed by atoms with van der Waals surface area (Å²) < 4.78 is 23.9. The Labute approximate surface area is 127 Å². The number of hydrogen-bond donors (Lipinski definition) is 1. The fraction of sp³-hybridized carbons (Fsp3) is 0.231. The van der Waals surface area contributed by atoms with Gasteiger partial charge in [-0.2, -0.15) is 5.10 Å². The van der Waals surface area contributed by atoms with Crippen LogP contribution in [-0.2, 0) is 16.1 Å². The largest absolute Gasteiger partial charge is 0.322 e. The zero-order valence-corrected chi connectivity index (χ0v) is 13.3. The van der Waals surface area contributed by atoms with Crippen molar-refractivity contribution in [2.75, 3.05) is 5.32 Å². The van der Waals surface area contributed by atoms with Crippen LogP contribution in [0.3, 0.4) is 0 Å². The van der Waals surface area contributed by atoms with Crippen LogP contribution in [-0.4, -0.2) is 24.1 Å². The lowest BCUT2D eigenvalue weighted by Crippen LogP contribution is -2.14. The van der Waals surface area contributed by atoms with Crippen LogP contribution in [0.15, 0.2) is 29.2 Å². The van der Waals surface area contributed by atoms with E-state index in [-0.39, 0.29) is 10.8 Å². The van der Waals surface area contributed by atoms with Crippen molar-refractivity contribution in [3.05, 3.63) is 41.2 Å². The number of benzene rings is 1. The molecular weight excluding hydrogens is 314 g/mol. The number of nitrogens with one attached hydrogen (secondary N) is 1. The molecule has 2 rings (SSSR count). The highest BCUT2D eigenvalue weighted by Gasteiger charge is 2.17. The molecule has 0 saturated carbocycles. The second-order valence-electron chi connectivity index (χ2n) is 4.59.